The highest BCUT2D eigenvalue weighted by Gasteiger charge is 2.06. The van der Waals surface area contributed by atoms with E-state index in [1.54, 1.807) is 6.08 Å². The Bertz CT molecular complexity index is 751. The van der Waals surface area contributed by atoms with Crippen LogP contribution in [0.25, 0.3) is 6.08 Å². The maximum atomic E-state index is 12.0. The molecule has 124 valence electrons. The van der Waals surface area contributed by atoms with Crippen molar-refractivity contribution in [2.75, 3.05) is 11.9 Å². The molecule has 0 unspecified atom stereocenters. The lowest BCUT2D eigenvalue weighted by Crippen LogP contribution is -2.31. The van der Waals surface area contributed by atoms with Gasteiger partial charge in [-0.1, -0.05) is 55.0 Å². The molecule has 0 spiro atoms. The Balaban J connectivity index is 1.84. The Morgan fingerprint density at radius 2 is 1.88 bits per heavy atom. The average molecular weight is 322 g/mol. The van der Waals surface area contributed by atoms with Gasteiger partial charge in [0, 0.05) is 11.8 Å². The van der Waals surface area contributed by atoms with Gasteiger partial charge in [-0.15, -0.1) is 0 Å². The number of hydrogen-bond donors (Lipinski definition) is 2. The molecule has 4 nitrogen and oxygen atoms in total. The van der Waals surface area contributed by atoms with Gasteiger partial charge in [0.2, 0.25) is 11.8 Å². The number of nitrogens with one attached hydrogen (secondary N) is 2. The van der Waals surface area contributed by atoms with Crippen LogP contribution in [0.3, 0.4) is 0 Å². The summed E-state index contributed by atoms with van der Waals surface area (Å²) in [6, 6.07) is 15.5. The molecule has 0 aliphatic rings. The van der Waals surface area contributed by atoms with Gasteiger partial charge in [0.05, 0.1) is 6.54 Å². The maximum Gasteiger partial charge on any atom is 0.244 e. The van der Waals surface area contributed by atoms with Crippen molar-refractivity contribution >= 4 is 23.6 Å². The lowest BCUT2D eigenvalue weighted by Gasteiger charge is -2.09. The first-order valence-electron chi connectivity index (χ1n) is 7.99. The second-order valence-corrected chi connectivity index (χ2v) is 5.52. The molecule has 2 rings (SSSR count). The molecule has 2 N–H and O–H groups in total. The zero-order valence-electron chi connectivity index (χ0n) is 14.0. The molecule has 0 heterocycles. The Hall–Kier alpha value is -2.88. The summed E-state index contributed by atoms with van der Waals surface area (Å²) >= 11 is 0. The van der Waals surface area contributed by atoms with Crippen LogP contribution in [-0.4, -0.2) is 18.4 Å². The van der Waals surface area contributed by atoms with Gasteiger partial charge < -0.3 is 10.6 Å². The molecule has 2 amide bonds. The highest BCUT2D eigenvalue weighted by atomic mass is 16.2. The molecular formula is C20H22N2O2. The van der Waals surface area contributed by atoms with Crippen molar-refractivity contribution in [3.63, 3.8) is 0 Å². The predicted molar refractivity (Wildman–Crippen MR) is 97.7 cm³/mol. The molecule has 0 bridgehead atoms. The van der Waals surface area contributed by atoms with Gasteiger partial charge in [-0.2, -0.15) is 0 Å². The fourth-order valence-corrected chi connectivity index (χ4v) is 2.32. The van der Waals surface area contributed by atoms with Crippen LogP contribution in [0.4, 0.5) is 5.69 Å². The summed E-state index contributed by atoms with van der Waals surface area (Å²) < 4.78 is 0. The van der Waals surface area contributed by atoms with E-state index in [1.165, 1.54) is 6.08 Å². The molecule has 24 heavy (non-hydrogen) atoms. The van der Waals surface area contributed by atoms with E-state index in [1.807, 2.05) is 62.4 Å². The van der Waals surface area contributed by atoms with Crippen LogP contribution < -0.4 is 10.6 Å². The van der Waals surface area contributed by atoms with E-state index in [9.17, 15) is 9.59 Å². The first-order chi connectivity index (χ1) is 11.6. The van der Waals surface area contributed by atoms with Gasteiger partial charge in [-0.05, 0) is 36.6 Å². The number of rotatable bonds is 6. The number of carbonyl (C=O) groups excluding carboxylic acids is 2. The van der Waals surface area contributed by atoms with Crippen LogP contribution in [0.5, 0.6) is 0 Å². The minimum atomic E-state index is -0.296. The summed E-state index contributed by atoms with van der Waals surface area (Å²) in [6.07, 6.45) is 4.00. The van der Waals surface area contributed by atoms with Gasteiger partial charge in [0.15, 0.2) is 0 Å². The zero-order chi connectivity index (χ0) is 17.4. The summed E-state index contributed by atoms with van der Waals surface area (Å²) in [7, 11) is 0. The minimum Gasteiger partial charge on any atom is -0.343 e. The van der Waals surface area contributed by atoms with Gasteiger partial charge in [0.1, 0.15) is 0 Å². The van der Waals surface area contributed by atoms with Crippen molar-refractivity contribution < 1.29 is 9.59 Å². The number of carbonyl (C=O) groups is 2. The molecule has 0 saturated heterocycles. The zero-order valence-corrected chi connectivity index (χ0v) is 14.0. The average Bonchev–Trinajstić information content (AvgIpc) is 2.58. The Morgan fingerprint density at radius 1 is 1.08 bits per heavy atom. The van der Waals surface area contributed by atoms with Gasteiger partial charge >= 0.3 is 0 Å². The molecule has 4 heteroatoms. The molecule has 0 aromatic heterocycles. The second-order valence-electron chi connectivity index (χ2n) is 5.52. The summed E-state index contributed by atoms with van der Waals surface area (Å²) in [4.78, 5) is 23.8. The molecule has 0 aliphatic carbocycles. The largest absolute Gasteiger partial charge is 0.343 e. The smallest absolute Gasteiger partial charge is 0.244 e. The predicted octanol–water partition coefficient (Wildman–Crippen LogP) is 3.33. The van der Waals surface area contributed by atoms with Crippen LogP contribution >= 0.6 is 0 Å². The van der Waals surface area contributed by atoms with Gasteiger partial charge in [-0.25, -0.2) is 0 Å². The molecule has 2 aromatic rings. The maximum absolute atomic E-state index is 12.0. The standard InChI is InChI=1S/C20H22N2O2/c1-3-17-9-4-5-10-18(17)22-20(24)14-21-19(23)12-11-16-8-6-7-15(2)13-16/h4-13H,3,14H2,1-2H3,(H,21,23)(H,22,24)/b12-11+. The van der Waals surface area contributed by atoms with E-state index in [2.05, 4.69) is 10.6 Å². The summed E-state index contributed by atoms with van der Waals surface area (Å²) in [5.74, 6) is -0.538. The number of benzene rings is 2. The van der Waals surface area contributed by atoms with Crippen LogP contribution in [-0.2, 0) is 16.0 Å². The first kappa shape index (κ1) is 17.5. The number of hydrogen-bond acceptors (Lipinski definition) is 2. The van der Waals surface area contributed by atoms with E-state index in [0.29, 0.717) is 0 Å². The monoisotopic (exact) mass is 322 g/mol. The van der Waals surface area contributed by atoms with Crippen molar-refractivity contribution in [2.24, 2.45) is 0 Å². The summed E-state index contributed by atoms with van der Waals surface area (Å²) in [6.45, 7) is 3.97. The molecule has 0 fully saturated rings. The van der Waals surface area contributed by atoms with Crippen molar-refractivity contribution in [2.45, 2.75) is 20.3 Å². The fraction of sp³-hybridized carbons (Fsp3) is 0.200. The van der Waals surface area contributed by atoms with Crippen molar-refractivity contribution in [1.29, 1.82) is 0 Å². The highest BCUT2D eigenvalue weighted by molar-refractivity contribution is 5.98. The minimum absolute atomic E-state index is 0.0605. The van der Waals surface area contributed by atoms with Gasteiger partial charge in [-0.3, -0.25) is 9.59 Å². The molecule has 2 aromatic carbocycles. The topological polar surface area (TPSA) is 58.2 Å². The third-order valence-electron chi connectivity index (χ3n) is 3.56. The van der Waals surface area contributed by atoms with Gasteiger partial charge in [0.25, 0.3) is 0 Å². The molecule has 0 radical (unpaired) electrons. The number of amides is 2. The van der Waals surface area contributed by atoms with Crippen molar-refractivity contribution in [3.8, 4) is 0 Å². The van der Waals surface area contributed by atoms with E-state index in [-0.39, 0.29) is 18.4 Å². The van der Waals surface area contributed by atoms with Crippen LogP contribution in [0, 0.1) is 6.92 Å². The number of anilines is 1. The highest BCUT2D eigenvalue weighted by Crippen LogP contribution is 2.14. The fourth-order valence-electron chi connectivity index (χ4n) is 2.32. The third-order valence-corrected chi connectivity index (χ3v) is 3.56. The Kier molecular flexibility index (Phi) is 6.32. The molecule has 0 saturated carbocycles. The molecular weight excluding hydrogens is 300 g/mol. The Morgan fingerprint density at radius 3 is 2.62 bits per heavy atom. The van der Waals surface area contributed by atoms with Crippen LogP contribution in [0.2, 0.25) is 0 Å². The SMILES string of the molecule is CCc1ccccc1NC(=O)CNC(=O)/C=C/c1cccc(C)c1. The van der Waals surface area contributed by atoms with Crippen LogP contribution in [0.1, 0.15) is 23.6 Å². The second kappa shape index (κ2) is 8.67. The molecule has 0 aliphatic heterocycles. The van der Waals surface area contributed by atoms with Crippen molar-refractivity contribution in [1.82, 2.24) is 5.32 Å². The van der Waals surface area contributed by atoms with Crippen LogP contribution in [0.15, 0.2) is 54.6 Å². The van der Waals surface area contributed by atoms with E-state index < -0.39 is 0 Å². The van der Waals surface area contributed by atoms with E-state index >= 15 is 0 Å². The lowest BCUT2D eigenvalue weighted by atomic mass is 10.1. The summed E-state index contributed by atoms with van der Waals surface area (Å²) in [5.41, 5.74) is 3.93. The van der Waals surface area contributed by atoms with E-state index in [0.717, 1.165) is 28.8 Å². The van der Waals surface area contributed by atoms with Crippen molar-refractivity contribution in [3.05, 3.63) is 71.3 Å². The normalized spacial score (nSPS) is 10.6. The quantitative estimate of drug-likeness (QED) is 0.802. The lowest BCUT2D eigenvalue weighted by molar-refractivity contribution is -0.121. The van der Waals surface area contributed by atoms with E-state index in [4.69, 9.17) is 0 Å². The summed E-state index contributed by atoms with van der Waals surface area (Å²) in [5, 5.41) is 5.41. The Labute approximate surface area is 142 Å². The first-order valence-corrected chi connectivity index (χ1v) is 7.99. The third kappa shape index (κ3) is 5.39. The number of aryl methyl sites for hydroxylation is 2. The molecule has 0 atom stereocenters. The number of para-hydroxylation sites is 1.